The third kappa shape index (κ3) is 2.62. The quantitative estimate of drug-likeness (QED) is 0.854. The van der Waals surface area contributed by atoms with Crippen LogP contribution in [-0.4, -0.2) is 43.1 Å². The number of hydrogen-bond acceptors (Lipinski definition) is 3. The average molecular weight is 309 g/mol. The maximum absolute atomic E-state index is 12.6. The first kappa shape index (κ1) is 14.7. The summed E-state index contributed by atoms with van der Waals surface area (Å²) in [6.45, 7) is 3.96. The summed E-state index contributed by atoms with van der Waals surface area (Å²) >= 11 is 0. The second-order valence-electron chi connectivity index (χ2n) is 6.17. The van der Waals surface area contributed by atoms with Crippen molar-refractivity contribution < 1.29 is 9.53 Å². The number of benzene rings is 1. The number of fused-ring (bicyclic) bond motifs is 2. The summed E-state index contributed by atoms with van der Waals surface area (Å²) in [7, 11) is 0. The number of carbonyl (C=O) groups is 1. The topological polar surface area (TPSA) is 41.6 Å². The van der Waals surface area contributed by atoms with Gasteiger partial charge in [-0.3, -0.25) is 4.79 Å². The molecule has 3 unspecified atom stereocenters. The Hall–Kier alpha value is -1.26. The monoisotopic (exact) mass is 308 g/mol. The zero-order chi connectivity index (χ0) is 13.5. The Bertz CT molecular complexity index is 512. The normalized spacial score (nSPS) is 30.1. The maximum atomic E-state index is 12.6. The van der Waals surface area contributed by atoms with Gasteiger partial charge in [-0.05, 0) is 43.0 Å². The molecule has 3 atom stereocenters. The molecule has 0 aliphatic carbocycles. The van der Waals surface area contributed by atoms with Gasteiger partial charge in [0.1, 0.15) is 5.75 Å². The van der Waals surface area contributed by atoms with Crippen molar-refractivity contribution in [2.45, 2.75) is 18.9 Å². The fourth-order valence-electron chi connectivity index (χ4n) is 3.76. The van der Waals surface area contributed by atoms with E-state index in [1.165, 1.54) is 0 Å². The summed E-state index contributed by atoms with van der Waals surface area (Å²) in [5.74, 6) is 2.45. The molecule has 1 aromatic rings. The molecule has 0 radical (unpaired) electrons. The van der Waals surface area contributed by atoms with Crippen LogP contribution in [-0.2, 0) is 11.2 Å². The van der Waals surface area contributed by atoms with Gasteiger partial charge in [0.05, 0.1) is 0 Å². The van der Waals surface area contributed by atoms with E-state index in [1.54, 1.807) is 0 Å². The van der Waals surface area contributed by atoms with Crippen molar-refractivity contribution in [2.24, 2.45) is 11.8 Å². The first-order valence-electron chi connectivity index (χ1n) is 7.55. The van der Waals surface area contributed by atoms with Crippen LogP contribution in [0.1, 0.15) is 12.0 Å². The lowest BCUT2D eigenvalue weighted by molar-refractivity contribution is -0.140. The predicted octanol–water partition coefficient (Wildman–Crippen LogP) is 1.48. The van der Waals surface area contributed by atoms with Gasteiger partial charge in [-0.15, -0.1) is 12.4 Å². The van der Waals surface area contributed by atoms with E-state index in [1.807, 2.05) is 23.1 Å². The number of carbonyl (C=O) groups excluding carboxylic acids is 1. The highest BCUT2D eigenvalue weighted by Crippen LogP contribution is 2.31. The Morgan fingerprint density at radius 1 is 1.24 bits per heavy atom. The van der Waals surface area contributed by atoms with Gasteiger partial charge in [0.15, 0.2) is 6.10 Å². The minimum atomic E-state index is -0.307. The molecular weight excluding hydrogens is 288 g/mol. The fourth-order valence-corrected chi connectivity index (χ4v) is 3.76. The summed E-state index contributed by atoms with van der Waals surface area (Å²) in [5, 5.41) is 3.44. The molecule has 21 heavy (non-hydrogen) atoms. The molecular formula is C16H21ClN2O2. The summed E-state index contributed by atoms with van der Waals surface area (Å²) in [6.07, 6.45) is 1.54. The molecule has 3 heterocycles. The van der Waals surface area contributed by atoms with Gasteiger partial charge < -0.3 is 15.0 Å². The fraction of sp³-hybridized carbons (Fsp3) is 0.562. The summed E-state index contributed by atoms with van der Waals surface area (Å²) in [5.41, 5.74) is 1.16. The van der Waals surface area contributed by atoms with Crippen LogP contribution < -0.4 is 10.1 Å². The summed E-state index contributed by atoms with van der Waals surface area (Å²) in [4.78, 5) is 14.7. The van der Waals surface area contributed by atoms with Crippen molar-refractivity contribution in [1.82, 2.24) is 10.2 Å². The first-order chi connectivity index (χ1) is 9.81. The Morgan fingerprint density at radius 3 is 2.90 bits per heavy atom. The number of rotatable bonds is 1. The van der Waals surface area contributed by atoms with E-state index in [9.17, 15) is 4.79 Å². The van der Waals surface area contributed by atoms with E-state index in [2.05, 4.69) is 11.4 Å². The van der Waals surface area contributed by atoms with Crippen LogP contribution >= 0.6 is 12.4 Å². The van der Waals surface area contributed by atoms with Crippen molar-refractivity contribution in [3.05, 3.63) is 29.8 Å². The highest BCUT2D eigenvalue weighted by atomic mass is 35.5. The molecule has 0 aromatic heterocycles. The molecule has 0 bridgehead atoms. The Morgan fingerprint density at radius 2 is 2.05 bits per heavy atom. The molecule has 0 saturated carbocycles. The minimum Gasteiger partial charge on any atom is -0.480 e. The van der Waals surface area contributed by atoms with E-state index < -0.39 is 0 Å². The smallest absolute Gasteiger partial charge is 0.264 e. The molecule has 4 rings (SSSR count). The van der Waals surface area contributed by atoms with Gasteiger partial charge >= 0.3 is 0 Å². The molecule has 1 N–H and O–H groups in total. The zero-order valence-corrected chi connectivity index (χ0v) is 12.8. The number of amides is 1. The lowest BCUT2D eigenvalue weighted by Gasteiger charge is -2.35. The number of nitrogens with one attached hydrogen (secondary N) is 1. The largest absolute Gasteiger partial charge is 0.480 e. The molecule has 4 nitrogen and oxygen atoms in total. The Labute approximate surface area is 131 Å². The molecule has 3 aliphatic rings. The third-order valence-electron chi connectivity index (χ3n) is 4.94. The number of halogens is 1. The zero-order valence-electron chi connectivity index (χ0n) is 12.0. The Balaban J connectivity index is 0.00000132. The number of likely N-dealkylation sites (tertiary alicyclic amines) is 1. The van der Waals surface area contributed by atoms with Gasteiger partial charge in [0.2, 0.25) is 0 Å². The van der Waals surface area contributed by atoms with Gasteiger partial charge in [-0.25, -0.2) is 0 Å². The maximum Gasteiger partial charge on any atom is 0.264 e. The molecule has 1 amide bonds. The SMILES string of the molecule is Cl.O=C(C1Cc2ccccc2O1)N1CCC2CNCC2C1. The molecule has 2 fully saturated rings. The lowest BCUT2D eigenvalue weighted by Crippen LogP contribution is -2.48. The molecule has 3 aliphatic heterocycles. The highest BCUT2D eigenvalue weighted by molar-refractivity contribution is 5.85. The average Bonchev–Trinajstić information content (AvgIpc) is 3.11. The van der Waals surface area contributed by atoms with Crippen molar-refractivity contribution in [3.8, 4) is 5.75 Å². The number of nitrogens with zero attached hydrogens (tertiary/aromatic N) is 1. The lowest BCUT2D eigenvalue weighted by atomic mass is 9.88. The van der Waals surface area contributed by atoms with Gasteiger partial charge in [0.25, 0.3) is 5.91 Å². The van der Waals surface area contributed by atoms with Crippen LogP contribution in [0, 0.1) is 11.8 Å². The highest BCUT2D eigenvalue weighted by Gasteiger charge is 2.38. The molecule has 2 saturated heterocycles. The Kier molecular flexibility index (Phi) is 4.09. The van der Waals surface area contributed by atoms with Crippen molar-refractivity contribution in [3.63, 3.8) is 0 Å². The first-order valence-corrected chi connectivity index (χ1v) is 7.55. The van der Waals surface area contributed by atoms with E-state index in [-0.39, 0.29) is 24.4 Å². The van der Waals surface area contributed by atoms with Crippen LogP contribution in [0.3, 0.4) is 0 Å². The van der Waals surface area contributed by atoms with Crippen LogP contribution in [0.15, 0.2) is 24.3 Å². The van der Waals surface area contributed by atoms with E-state index in [0.29, 0.717) is 5.92 Å². The van der Waals surface area contributed by atoms with Crippen molar-refractivity contribution in [2.75, 3.05) is 26.2 Å². The van der Waals surface area contributed by atoms with Gasteiger partial charge in [-0.1, -0.05) is 18.2 Å². The molecule has 0 spiro atoms. The van der Waals surface area contributed by atoms with Crippen LogP contribution in [0.2, 0.25) is 0 Å². The minimum absolute atomic E-state index is 0. The van der Waals surface area contributed by atoms with E-state index in [4.69, 9.17) is 4.74 Å². The summed E-state index contributed by atoms with van der Waals surface area (Å²) in [6, 6.07) is 7.97. The number of hydrogen-bond donors (Lipinski definition) is 1. The standard InChI is InChI=1S/C16H20N2O2.ClH/c19-16(15-7-11-3-1-2-4-14(11)20-15)18-6-5-12-8-17-9-13(12)10-18;/h1-4,12-13,15,17H,5-10H2;1H. The number of para-hydroxylation sites is 1. The molecule has 114 valence electrons. The van der Waals surface area contributed by atoms with Crippen LogP contribution in [0.4, 0.5) is 0 Å². The van der Waals surface area contributed by atoms with Crippen molar-refractivity contribution >= 4 is 18.3 Å². The predicted molar refractivity (Wildman–Crippen MR) is 82.9 cm³/mol. The molecule has 5 heteroatoms. The third-order valence-corrected chi connectivity index (χ3v) is 4.94. The second kappa shape index (κ2) is 5.85. The van der Waals surface area contributed by atoms with E-state index in [0.717, 1.165) is 56.3 Å². The van der Waals surface area contributed by atoms with Crippen molar-refractivity contribution in [1.29, 1.82) is 0 Å². The summed E-state index contributed by atoms with van der Waals surface area (Å²) < 4.78 is 5.83. The second-order valence-corrected chi connectivity index (χ2v) is 6.17. The number of piperidine rings is 1. The van der Waals surface area contributed by atoms with Gasteiger partial charge in [0, 0.05) is 19.5 Å². The molecule has 1 aromatic carbocycles. The van der Waals surface area contributed by atoms with Crippen LogP contribution in [0.5, 0.6) is 5.75 Å². The van der Waals surface area contributed by atoms with E-state index >= 15 is 0 Å². The van der Waals surface area contributed by atoms with Crippen LogP contribution in [0.25, 0.3) is 0 Å². The van der Waals surface area contributed by atoms with Gasteiger partial charge in [-0.2, -0.15) is 0 Å². The number of ether oxygens (including phenoxy) is 1.